The lowest BCUT2D eigenvalue weighted by Gasteiger charge is -2.35. The predicted octanol–water partition coefficient (Wildman–Crippen LogP) is 1.26. The second-order valence-electron chi connectivity index (χ2n) is 5.29. The predicted molar refractivity (Wildman–Crippen MR) is 70.9 cm³/mol. The van der Waals surface area contributed by atoms with E-state index in [0.717, 1.165) is 19.0 Å². The monoisotopic (exact) mass is 227 g/mol. The Morgan fingerprint density at radius 3 is 2.19 bits per heavy atom. The lowest BCUT2D eigenvalue weighted by Crippen LogP contribution is -2.48. The van der Waals surface area contributed by atoms with E-state index in [1.54, 1.807) is 0 Å². The molecule has 16 heavy (non-hydrogen) atoms. The van der Waals surface area contributed by atoms with Gasteiger partial charge in [0.25, 0.3) is 0 Å². The van der Waals surface area contributed by atoms with Crippen molar-refractivity contribution in [1.82, 2.24) is 15.1 Å². The lowest BCUT2D eigenvalue weighted by atomic mass is 10.2. The summed E-state index contributed by atoms with van der Waals surface area (Å²) in [5, 5.41) is 3.47. The smallest absolute Gasteiger partial charge is 0.0110 e. The molecule has 0 aliphatic carbocycles. The molecular weight excluding hydrogens is 198 g/mol. The summed E-state index contributed by atoms with van der Waals surface area (Å²) < 4.78 is 0. The summed E-state index contributed by atoms with van der Waals surface area (Å²) in [6.07, 6.45) is 1.24. The van der Waals surface area contributed by atoms with Crippen LogP contribution in [0.1, 0.15) is 27.2 Å². The minimum Gasteiger partial charge on any atom is -0.315 e. The van der Waals surface area contributed by atoms with Gasteiger partial charge in [0.2, 0.25) is 0 Å². The van der Waals surface area contributed by atoms with Crippen LogP contribution in [0.15, 0.2) is 0 Å². The van der Waals surface area contributed by atoms with Gasteiger partial charge >= 0.3 is 0 Å². The number of nitrogens with one attached hydrogen (secondary N) is 1. The van der Waals surface area contributed by atoms with E-state index < -0.39 is 0 Å². The molecule has 1 aliphatic heterocycles. The van der Waals surface area contributed by atoms with Crippen LogP contribution >= 0.6 is 0 Å². The summed E-state index contributed by atoms with van der Waals surface area (Å²) in [5.41, 5.74) is 0. The summed E-state index contributed by atoms with van der Waals surface area (Å²) in [6, 6.07) is 0. The van der Waals surface area contributed by atoms with E-state index in [4.69, 9.17) is 0 Å². The fraction of sp³-hybridized carbons (Fsp3) is 1.00. The maximum atomic E-state index is 3.47. The van der Waals surface area contributed by atoms with Crippen molar-refractivity contribution in [2.75, 3.05) is 52.4 Å². The van der Waals surface area contributed by atoms with Gasteiger partial charge in [0, 0.05) is 45.8 Å². The highest BCUT2D eigenvalue weighted by Gasteiger charge is 2.16. The molecule has 0 aromatic rings. The van der Waals surface area contributed by atoms with Gasteiger partial charge < -0.3 is 10.2 Å². The van der Waals surface area contributed by atoms with Crippen molar-refractivity contribution in [2.24, 2.45) is 5.92 Å². The molecule has 0 saturated carbocycles. The second kappa shape index (κ2) is 8.04. The average Bonchev–Trinajstić information content (AvgIpc) is 2.26. The van der Waals surface area contributed by atoms with Crippen molar-refractivity contribution >= 4 is 0 Å². The fourth-order valence-electron chi connectivity index (χ4n) is 2.25. The summed E-state index contributed by atoms with van der Waals surface area (Å²) >= 11 is 0. The fourth-order valence-corrected chi connectivity index (χ4v) is 2.25. The Bertz CT molecular complexity index is 163. The van der Waals surface area contributed by atoms with Crippen LogP contribution < -0.4 is 5.32 Å². The standard InChI is InChI=1S/C13H29N3/c1-4-5-14-6-7-15-8-10-16(11-9-15)12-13(2)3/h13-14H,4-12H2,1-3H3. The van der Waals surface area contributed by atoms with Gasteiger partial charge in [-0.05, 0) is 18.9 Å². The lowest BCUT2D eigenvalue weighted by molar-refractivity contribution is 0.123. The molecule has 0 amide bonds. The first-order chi connectivity index (χ1) is 7.72. The van der Waals surface area contributed by atoms with E-state index in [-0.39, 0.29) is 0 Å². The van der Waals surface area contributed by atoms with Crippen molar-refractivity contribution in [3.8, 4) is 0 Å². The van der Waals surface area contributed by atoms with E-state index in [2.05, 4.69) is 35.9 Å². The Labute approximate surface area is 101 Å². The van der Waals surface area contributed by atoms with Crippen LogP contribution in [0, 0.1) is 5.92 Å². The highest BCUT2D eigenvalue weighted by atomic mass is 15.3. The number of rotatable bonds is 7. The van der Waals surface area contributed by atoms with Crippen LogP contribution in [0.3, 0.4) is 0 Å². The van der Waals surface area contributed by atoms with E-state index in [1.165, 1.54) is 45.7 Å². The van der Waals surface area contributed by atoms with Crippen molar-refractivity contribution < 1.29 is 0 Å². The molecule has 1 saturated heterocycles. The van der Waals surface area contributed by atoms with E-state index in [1.807, 2.05) is 0 Å². The molecule has 1 rings (SSSR count). The first-order valence-electron chi connectivity index (χ1n) is 6.87. The number of hydrogen-bond acceptors (Lipinski definition) is 3. The molecule has 0 aromatic heterocycles. The Balaban J connectivity index is 2.03. The van der Waals surface area contributed by atoms with Gasteiger partial charge in [-0.3, -0.25) is 4.90 Å². The van der Waals surface area contributed by atoms with E-state index in [0.29, 0.717) is 0 Å². The summed E-state index contributed by atoms with van der Waals surface area (Å²) in [4.78, 5) is 5.18. The third-order valence-corrected chi connectivity index (χ3v) is 3.12. The van der Waals surface area contributed by atoms with Crippen LogP contribution in [-0.2, 0) is 0 Å². The van der Waals surface area contributed by atoms with Gasteiger partial charge in [-0.2, -0.15) is 0 Å². The van der Waals surface area contributed by atoms with Gasteiger partial charge in [-0.15, -0.1) is 0 Å². The van der Waals surface area contributed by atoms with E-state index >= 15 is 0 Å². The van der Waals surface area contributed by atoms with Crippen molar-refractivity contribution in [2.45, 2.75) is 27.2 Å². The molecule has 0 atom stereocenters. The van der Waals surface area contributed by atoms with Crippen molar-refractivity contribution in [3.63, 3.8) is 0 Å². The first-order valence-corrected chi connectivity index (χ1v) is 6.87. The molecule has 0 spiro atoms. The minimum atomic E-state index is 0.803. The first kappa shape index (κ1) is 13.9. The van der Waals surface area contributed by atoms with Crippen LogP contribution in [0.25, 0.3) is 0 Å². The molecular formula is C13H29N3. The zero-order valence-corrected chi connectivity index (χ0v) is 11.3. The largest absolute Gasteiger partial charge is 0.315 e. The number of hydrogen-bond donors (Lipinski definition) is 1. The molecule has 1 N–H and O–H groups in total. The van der Waals surface area contributed by atoms with E-state index in [9.17, 15) is 0 Å². The molecule has 1 aliphatic rings. The quantitative estimate of drug-likeness (QED) is 0.661. The third-order valence-electron chi connectivity index (χ3n) is 3.12. The van der Waals surface area contributed by atoms with Crippen LogP contribution in [0.5, 0.6) is 0 Å². The van der Waals surface area contributed by atoms with Crippen LogP contribution in [0.2, 0.25) is 0 Å². The SMILES string of the molecule is CCCNCCN1CCN(CC(C)C)CC1. The zero-order chi connectivity index (χ0) is 11.8. The molecule has 3 nitrogen and oxygen atoms in total. The van der Waals surface area contributed by atoms with Gasteiger partial charge in [-0.25, -0.2) is 0 Å². The Morgan fingerprint density at radius 2 is 1.62 bits per heavy atom. The number of nitrogens with zero attached hydrogens (tertiary/aromatic N) is 2. The Hall–Kier alpha value is -0.120. The molecule has 1 heterocycles. The maximum absolute atomic E-state index is 3.47. The highest BCUT2D eigenvalue weighted by molar-refractivity contribution is 4.73. The molecule has 0 unspecified atom stereocenters. The van der Waals surface area contributed by atoms with Gasteiger partial charge in [0.15, 0.2) is 0 Å². The van der Waals surface area contributed by atoms with Gasteiger partial charge in [0.05, 0.1) is 0 Å². The minimum absolute atomic E-state index is 0.803. The average molecular weight is 227 g/mol. The summed E-state index contributed by atoms with van der Waals surface area (Å²) in [5.74, 6) is 0.803. The highest BCUT2D eigenvalue weighted by Crippen LogP contribution is 2.04. The summed E-state index contributed by atoms with van der Waals surface area (Å²) in [7, 11) is 0. The van der Waals surface area contributed by atoms with Crippen LogP contribution in [0.4, 0.5) is 0 Å². The maximum Gasteiger partial charge on any atom is 0.0110 e. The molecule has 0 bridgehead atoms. The molecule has 96 valence electrons. The van der Waals surface area contributed by atoms with Crippen LogP contribution in [-0.4, -0.2) is 62.2 Å². The van der Waals surface area contributed by atoms with Crippen molar-refractivity contribution in [1.29, 1.82) is 0 Å². The Morgan fingerprint density at radius 1 is 1.00 bits per heavy atom. The molecule has 0 aromatic carbocycles. The number of piperazine rings is 1. The second-order valence-corrected chi connectivity index (χ2v) is 5.29. The zero-order valence-electron chi connectivity index (χ0n) is 11.3. The van der Waals surface area contributed by atoms with Gasteiger partial charge in [0.1, 0.15) is 0 Å². The summed E-state index contributed by atoms with van der Waals surface area (Å²) in [6.45, 7) is 16.6. The van der Waals surface area contributed by atoms with Gasteiger partial charge in [-0.1, -0.05) is 20.8 Å². The topological polar surface area (TPSA) is 18.5 Å². The normalized spacial score (nSPS) is 19.5. The third kappa shape index (κ3) is 5.83. The van der Waals surface area contributed by atoms with Crippen molar-refractivity contribution in [3.05, 3.63) is 0 Å². The molecule has 0 radical (unpaired) electrons. The molecule has 3 heteroatoms. The Kier molecular flexibility index (Phi) is 7.01. The molecule has 1 fully saturated rings.